The molecular formula is C11H13BrO2. The number of Topliss-reactive ketones (excluding diaryl/α,β-unsaturated/α-hetero) is 2. The fourth-order valence-electron chi connectivity index (χ4n) is 3.91. The standard InChI is InChI=1S/C11H13BrO2/c1-10-4-3-7(13)8-6(10)2-5-11(8,12)9(10)14/h6,8H,2-5H2,1H3. The Balaban J connectivity index is 2.20. The van der Waals surface area contributed by atoms with E-state index in [2.05, 4.69) is 22.9 Å². The maximum atomic E-state index is 12.2. The van der Waals surface area contributed by atoms with Crippen LogP contribution >= 0.6 is 15.9 Å². The minimum Gasteiger partial charge on any atom is -0.299 e. The van der Waals surface area contributed by atoms with Crippen LogP contribution in [0.25, 0.3) is 0 Å². The molecule has 3 saturated carbocycles. The molecule has 0 aromatic carbocycles. The molecule has 14 heavy (non-hydrogen) atoms. The molecule has 0 aliphatic heterocycles. The summed E-state index contributed by atoms with van der Waals surface area (Å²) in [6.07, 6.45) is 3.29. The van der Waals surface area contributed by atoms with Crippen LogP contribution in [-0.2, 0) is 9.59 Å². The minimum absolute atomic E-state index is 0.00579. The molecule has 0 spiro atoms. The molecule has 3 heteroatoms. The molecule has 0 amide bonds. The van der Waals surface area contributed by atoms with Gasteiger partial charge in [-0.1, -0.05) is 22.9 Å². The number of rotatable bonds is 0. The first-order valence-corrected chi connectivity index (χ1v) is 6.06. The molecule has 0 N–H and O–H groups in total. The maximum Gasteiger partial charge on any atom is 0.156 e. The van der Waals surface area contributed by atoms with Crippen LogP contribution < -0.4 is 0 Å². The zero-order valence-electron chi connectivity index (χ0n) is 8.18. The Labute approximate surface area is 91.6 Å². The number of hydrogen-bond acceptors (Lipinski definition) is 2. The van der Waals surface area contributed by atoms with Gasteiger partial charge in [-0.3, -0.25) is 9.59 Å². The van der Waals surface area contributed by atoms with Gasteiger partial charge in [-0.15, -0.1) is 0 Å². The number of alkyl halides is 1. The van der Waals surface area contributed by atoms with E-state index in [0.29, 0.717) is 23.9 Å². The lowest BCUT2D eigenvalue weighted by atomic mass is 9.67. The minimum atomic E-state index is -0.472. The summed E-state index contributed by atoms with van der Waals surface area (Å²) < 4.78 is -0.472. The van der Waals surface area contributed by atoms with E-state index in [0.717, 1.165) is 19.3 Å². The van der Waals surface area contributed by atoms with Crippen LogP contribution in [0.4, 0.5) is 0 Å². The number of ketones is 2. The van der Waals surface area contributed by atoms with Crippen LogP contribution in [0.2, 0.25) is 0 Å². The topological polar surface area (TPSA) is 34.1 Å². The third-order valence-electron chi connectivity index (χ3n) is 4.67. The van der Waals surface area contributed by atoms with Gasteiger partial charge in [0.25, 0.3) is 0 Å². The van der Waals surface area contributed by atoms with Crippen LogP contribution in [0, 0.1) is 17.3 Å². The van der Waals surface area contributed by atoms with Crippen molar-refractivity contribution in [1.82, 2.24) is 0 Å². The van der Waals surface area contributed by atoms with Crippen molar-refractivity contribution in [2.75, 3.05) is 0 Å². The van der Waals surface area contributed by atoms with Gasteiger partial charge in [0.15, 0.2) is 5.78 Å². The van der Waals surface area contributed by atoms with Gasteiger partial charge < -0.3 is 0 Å². The summed E-state index contributed by atoms with van der Waals surface area (Å²) in [5.41, 5.74) is -0.194. The van der Waals surface area contributed by atoms with Gasteiger partial charge in [-0.25, -0.2) is 0 Å². The van der Waals surface area contributed by atoms with Crippen molar-refractivity contribution in [3.8, 4) is 0 Å². The van der Waals surface area contributed by atoms with Crippen molar-refractivity contribution >= 4 is 27.5 Å². The van der Waals surface area contributed by atoms with E-state index in [9.17, 15) is 9.59 Å². The summed E-state index contributed by atoms with van der Waals surface area (Å²) in [6, 6.07) is 0. The summed E-state index contributed by atoms with van der Waals surface area (Å²) in [4.78, 5) is 24.1. The smallest absolute Gasteiger partial charge is 0.156 e. The molecule has 3 rings (SSSR count). The quantitative estimate of drug-likeness (QED) is 0.623. The third-order valence-corrected chi connectivity index (χ3v) is 5.92. The highest BCUT2D eigenvalue weighted by atomic mass is 79.9. The van der Waals surface area contributed by atoms with Crippen molar-refractivity contribution in [3.63, 3.8) is 0 Å². The maximum absolute atomic E-state index is 12.2. The Morgan fingerprint density at radius 3 is 2.71 bits per heavy atom. The summed E-state index contributed by atoms with van der Waals surface area (Å²) >= 11 is 3.56. The molecule has 4 bridgehead atoms. The fourth-order valence-corrected chi connectivity index (χ4v) is 5.16. The Bertz CT molecular complexity index is 351. The zero-order chi connectivity index (χ0) is 10.1. The highest BCUT2D eigenvalue weighted by molar-refractivity contribution is 9.10. The summed E-state index contributed by atoms with van der Waals surface area (Å²) in [6.45, 7) is 2.06. The first-order chi connectivity index (χ1) is 6.50. The van der Waals surface area contributed by atoms with E-state index in [4.69, 9.17) is 0 Å². The van der Waals surface area contributed by atoms with E-state index in [1.165, 1.54) is 0 Å². The highest BCUT2D eigenvalue weighted by Crippen LogP contribution is 2.66. The average Bonchev–Trinajstić information content (AvgIpc) is 2.55. The first-order valence-electron chi connectivity index (χ1n) is 5.27. The number of carbonyl (C=O) groups excluding carboxylic acids is 2. The van der Waals surface area contributed by atoms with Gasteiger partial charge in [0.05, 0.1) is 4.32 Å². The fraction of sp³-hybridized carbons (Fsp3) is 0.818. The Kier molecular flexibility index (Phi) is 1.50. The van der Waals surface area contributed by atoms with E-state index in [1.807, 2.05) is 0 Å². The molecule has 0 aromatic heterocycles. The Hall–Kier alpha value is -0.180. The molecule has 4 atom stereocenters. The lowest BCUT2D eigenvalue weighted by Crippen LogP contribution is -2.39. The summed E-state index contributed by atoms with van der Waals surface area (Å²) in [7, 11) is 0. The van der Waals surface area contributed by atoms with Crippen molar-refractivity contribution in [2.45, 2.75) is 36.9 Å². The molecule has 3 fully saturated rings. The number of carbonyl (C=O) groups is 2. The van der Waals surface area contributed by atoms with Crippen LogP contribution in [0.1, 0.15) is 32.6 Å². The molecule has 3 aliphatic rings. The molecular weight excluding hydrogens is 244 g/mol. The van der Waals surface area contributed by atoms with Gasteiger partial charge in [0.2, 0.25) is 0 Å². The second-order valence-corrected chi connectivity index (χ2v) is 6.61. The molecule has 3 aliphatic carbocycles. The highest BCUT2D eigenvalue weighted by Gasteiger charge is 2.71. The second kappa shape index (κ2) is 2.31. The van der Waals surface area contributed by atoms with Crippen LogP contribution in [0.15, 0.2) is 0 Å². The SMILES string of the molecule is CC12CCC(=O)C3C1CCC3(Br)C2=O. The largest absolute Gasteiger partial charge is 0.299 e. The van der Waals surface area contributed by atoms with Crippen molar-refractivity contribution in [3.05, 3.63) is 0 Å². The first kappa shape index (κ1) is 9.08. The van der Waals surface area contributed by atoms with Crippen molar-refractivity contribution in [2.24, 2.45) is 17.3 Å². The Morgan fingerprint density at radius 1 is 1.36 bits per heavy atom. The predicted octanol–water partition coefficient (Wildman–Crippen LogP) is 2.10. The molecule has 0 aromatic rings. The number of halogens is 1. The van der Waals surface area contributed by atoms with Gasteiger partial charge in [-0.2, -0.15) is 0 Å². The molecule has 0 heterocycles. The van der Waals surface area contributed by atoms with Crippen LogP contribution in [0.5, 0.6) is 0 Å². The second-order valence-electron chi connectivity index (χ2n) is 5.20. The lowest BCUT2D eigenvalue weighted by molar-refractivity contribution is -0.131. The van der Waals surface area contributed by atoms with Crippen molar-refractivity contribution in [1.29, 1.82) is 0 Å². The number of hydrogen-bond donors (Lipinski definition) is 0. The van der Waals surface area contributed by atoms with E-state index >= 15 is 0 Å². The van der Waals surface area contributed by atoms with Gasteiger partial charge in [0, 0.05) is 17.8 Å². The molecule has 2 nitrogen and oxygen atoms in total. The monoisotopic (exact) mass is 256 g/mol. The van der Waals surface area contributed by atoms with Crippen LogP contribution in [-0.4, -0.2) is 15.9 Å². The van der Waals surface area contributed by atoms with E-state index < -0.39 is 4.32 Å². The summed E-state index contributed by atoms with van der Waals surface area (Å²) in [5, 5.41) is 0. The Morgan fingerprint density at radius 2 is 2.07 bits per heavy atom. The molecule has 4 unspecified atom stereocenters. The van der Waals surface area contributed by atoms with Gasteiger partial charge >= 0.3 is 0 Å². The van der Waals surface area contributed by atoms with Gasteiger partial charge in [0.1, 0.15) is 5.78 Å². The van der Waals surface area contributed by atoms with E-state index in [-0.39, 0.29) is 11.3 Å². The zero-order valence-corrected chi connectivity index (χ0v) is 9.76. The molecule has 0 saturated heterocycles. The normalized spacial score (nSPS) is 55.6. The molecule has 76 valence electrons. The predicted molar refractivity (Wildman–Crippen MR) is 55.2 cm³/mol. The van der Waals surface area contributed by atoms with E-state index in [1.54, 1.807) is 0 Å². The molecule has 0 radical (unpaired) electrons. The summed E-state index contributed by atoms with van der Waals surface area (Å²) in [5.74, 6) is 0.939. The third kappa shape index (κ3) is 0.721. The van der Waals surface area contributed by atoms with Crippen molar-refractivity contribution < 1.29 is 9.59 Å². The lowest BCUT2D eigenvalue weighted by Gasteiger charge is -2.35. The van der Waals surface area contributed by atoms with Crippen LogP contribution in [0.3, 0.4) is 0 Å². The average molecular weight is 257 g/mol. The van der Waals surface area contributed by atoms with Gasteiger partial charge in [-0.05, 0) is 25.2 Å².